The average Bonchev–Trinajstić information content (AvgIpc) is 3.12. The van der Waals surface area contributed by atoms with E-state index in [2.05, 4.69) is 10.6 Å². The molecule has 0 saturated heterocycles. The lowest BCUT2D eigenvalue weighted by molar-refractivity contribution is -0.122. The number of amides is 2. The summed E-state index contributed by atoms with van der Waals surface area (Å²) in [5, 5.41) is 5.93. The Morgan fingerprint density at radius 1 is 0.714 bits per heavy atom. The number of carbonyl (C=O) groups is 2. The summed E-state index contributed by atoms with van der Waals surface area (Å²) in [5.41, 5.74) is 0. The van der Waals surface area contributed by atoms with Crippen LogP contribution >= 0.6 is 0 Å². The van der Waals surface area contributed by atoms with Crippen molar-refractivity contribution in [3.8, 4) is 0 Å². The largest absolute Gasteiger partial charge is 0.356 e. The Hall–Kier alpha value is -1.06. The van der Waals surface area contributed by atoms with Crippen LogP contribution in [0.1, 0.15) is 70.6 Å². The standard InChI is InChI=1S/C17H30N2O2/c20-16(12-14-6-1-2-7-14)18-10-5-11-19-17(21)13-15-8-3-4-9-15/h14-15H,1-13H2,(H,18,20)(H,19,21). The van der Waals surface area contributed by atoms with E-state index >= 15 is 0 Å². The number of rotatable bonds is 8. The van der Waals surface area contributed by atoms with Crippen molar-refractivity contribution in [1.82, 2.24) is 10.6 Å². The van der Waals surface area contributed by atoms with Crippen LogP contribution in [0.15, 0.2) is 0 Å². The highest BCUT2D eigenvalue weighted by atomic mass is 16.2. The summed E-state index contributed by atoms with van der Waals surface area (Å²) in [6.45, 7) is 1.35. The maximum absolute atomic E-state index is 11.7. The normalized spacial score (nSPS) is 19.8. The van der Waals surface area contributed by atoms with Gasteiger partial charge in [-0.3, -0.25) is 9.59 Å². The topological polar surface area (TPSA) is 58.2 Å². The average molecular weight is 294 g/mol. The Morgan fingerprint density at radius 2 is 1.10 bits per heavy atom. The number of carbonyl (C=O) groups excluding carboxylic acids is 2. The molecule has 2 saturated carbocycles. The molecule has 2 rings (SSSR count). The third kappa shape index (κ3) is 6.49. The molecule has 2 amide bonds. The van der Waals surface area contributed by atoms with Gasteiger partial charge in [-0.1, -0.05) is 25.7 Å². The lowest BCUT2D eigenvalue weighted by atomic mass is 10.0. The molecule has 0 aromatic carbocycles. The van der Waals surface area contributed by atoms with Gasteiger partial charge in [-0.25, -0.2) is 0 Å². The fourth-order valence-electron chi connectivity index (χ4n) is 3.64. The third-order valence-corrected chi connectivity index (χ3v) is 4.90. The molecule has 2 N–H and O–H groups in total. The molecule has 2 aliphatic rings. The molecule has 0 aromatic heterocycles. The Morgan fingerprint density at radius 3 is 1.48 bits per heavy atom. The van der Waals surface area contributed by atoms with Crippen molar-refractivity contribution in [1.29, 1.82) is 0 Å². The first kappa shape index (κ1) is 16.3. The smallest absolute Gasteiger partial charge is 0.220 e. The maximum atomic E-state index is 11.7. The van der Waals surface area contributed by atoms with Crippen LogP contribution in [0.5, 0.6) is 0 Å². The van der Waals surface area contributed by atoms with Gasteiger partial charge in [0.25, 0.3) is 0 Å². The van der Waals surface area contributed by atoms with Gasteiger partial charge in [0.2, 0.25) is 11.8 Å². The van der Waals surface area contributed by atoms with Crippen molar-refractivity contribution < 1.29 is 9.59 Å². The molecule has 2 fully saturated rings. The molecule has 0 heterocycles. The van der Waals surface area contributed by atoms with E-state index in [4.69, 9.17) is 0 Å². The monoisotopic (exact) mass is 294 g/mol. The molecule has 0 bridgehead atoms. The van der Waals surface area contributed by atoms with E-state index in [-0.39, 0.29) is 11.8 Å². The van der Waals surface area contributed by atoms with Crippen LogP contribution in [-0.2, 0) is 9.59 Å². The van der Waals surface area contributed by atoms with Gasteiger partial charge < -0.3 is 10.6 Å². The molecular weight excluding hydrogens is 264 g/mol. The second kappa shape index (κ2) is 9.06. The third-order valence-electron chi connectivity index (χ3n) is 4.90. The number of hydrogen-bond donors (Lipinski definition) is 2. The summed E-state index contributed by atoms with van der Waals surface area (Å²) < 4.78 is 0. The predicted molar refractivity (Wildman–Crippen MR) is 83.8 cm³/mol. The van der Waals surface area contributed by atoms with E-state index in [9.17, 15) is 9.59 Å². The van der Waals surface area contributed by atoms with Gasteiger partial charge in [-0.15, -0.1) is 0 Å². The van der Waals surface area contributed by atoms with Crippen molar-refractivity contribution in [2.45, 2.75) is 70.6 Å². The maximum Gasteiger partial charge on any atom is 0.220 e. The quantitative estimate of drug-likeness (QED) is 0.676. The Bertz CT molecular complexity index is 300. The van der Waals surface area contributed by atoms with E-state index < -0.39 is 0 Å². The molecule has 21 heavy (non-hydrogen) atoms. The zero-order chi connectivity index (χ0) is 14.9. The van der Waals surface area contributed by atoms with Crippen molar-refractivity contribution in [2.24, 2.45) is 11.8 Å². The first-order valence-corrected chi connectivity index (χ1v) is 8.77. The van der Waals surface area contributed by atoms with Crippen LogP contribution in [0.3, 0.4) is 0 Å². The van der Waals surface area contributed by atoms with Crippen LogP contribution in [0, 0.1) is 11.8 Å². The van der Waals surface area contributed by atoms with Gasteiger partial charge in [0.1, 0.15) is 0 Å². The fraction of sp³-hybridized carbons (Fsp3) is 0.882. The second-order valence-corrected chi connectivity index (χ2v) is 6.76. The summed E-state index contributed by atoms with van der Waals surface area (Å²) in [4.78, 5) is 23.5. The van der Waals surface area contributed by atoms with Crippen LogP contribution < -0.4 is 10.6 Å². The SMILES string of the molecule is O=C(CC1CCCC1)NCCCNC(=O)CC1CCCC1. The molecule has 120 valence electrons. The van der Waals surface area contributed by atoms with Gasteiger partial charge in [0.15, 0.2) is 0 Å². The van der Waals surface area contributed by atoms with Crippen LogP contribution in [0.2, 0.25) is 0 Å². The zero-order valence-corrected chi connectivity index (χ0v) is 13.2. The Labute approximate surface area is 128 Å². The molecule has 0 radical (unpaired) electrons. The predicted octanol–water partition coefficient (Wildman–Crippen LogP) is 2.77. The molecule has 0 unspecified atom stereocenters. The zero-order valence-electron chi connectivity index (χ0n) is 13.2. The van der Waals surface area contributed by atoms with Crippen LogP contribution in [-0.4, -0.2) is 24.9 Å². The summed E-state index contributed by atoms with van der Waals surface area (Å²) in [7, 11) is 0. The van der Waals surface area contributed by atoms with E-state index in [0.717, 1.165) is 6.42 Å². The lowest BCUT2D eigenvalue weighted by Gasteiger charge is -2.11. The molecule has 0 atom stereocenters. The molecule has 4 heteroatoms. The highest BCUT2D eigenvalue weighted by Gasteiger charge is 2.19. The fourth-order valence-corrected chi connectivity index (χ4v) is 3.64. The minimum atomic E-state index is 0.180. The summed E-state index contributed by atoms with van der Waals surface area (Å²) in [5.74, 6) is 1.57. The highest BCUT2D eigenvalue weighted by molar-refractivity contribution is 5.76. The Balaban J connectivity index is 1.43. The van der Waals surface area contributed by atoms with E-state index in [1.54, 1.807) is 0 Å². The van der Waals surface area contributed by atoms with Crippen molar-refractivity contribution >= 4 is 11.8 Å². The van der Waals surface area contributed by atoms with Crippen molar-refractivity contribution in [3.05, 3.63) is 0 Å². The molecule has 2 aliphatic carbocycles. The van der Waals surface area contributed by atoms with Gasteiger partial charge in [-0.05, 0) is 43.9 Å². The number of hydrogen-bond acceptors (Lipinski definition) is 2. The minimum Gasteiger partial charge on any atom is -0.356 e. The summed E-state index contributed by atoms with van der Waals surface area (Å²) in [6.07, 6.45) is 12.2. The molecule has 0 aliphatic heterocycles. The minimum absolute atomic E-state index is 0.180. The van der Waals surface area contributed by atoms with E-state index in [0.29, 0.717) is 37.8 Å². The van der Waals surface area contributed by atoms with Gasteiger partial charge in [0.05, 0.1) is 0 Å². The number of nitrogens with one attached hydrogen (secondary N) is 2. The first-order chi connectivity index (χ1) is 10.2. The highest BCUT2D eigenvalue weighted by Crippen LogP contribution is 2.27. The lowest BCUT2D eigenvalue weighted by Crippen LogP contribution is -2.31. The van der Waals surface area contributed by atoms with Gasteiger partial charge in [-0.2, -0.15) is 0 Å². The van der Waals surface area contributed by atoms with Gasteiger partial charge in [0, 0.05) is 25.9 Å². The molecular formula is C17H30N2O2. The van der Waals surface area contributed by atoms with Gasteiger partial charge >= 0.3 is 0 Å². The molecule has 0 spiro atoms. The van der Waals surface area contributed by atoms with Crippen LogP contribution in [0.4, 0.5) is 0 Å². The van der Waals surface area contributed by atoms with E-state index in [1.165, 1.54) is 51.4 Å². The van der Waals surface area contributed by atoms with Crippen LogP contribution in [0.25, 0.3) is 0 Å². The summed E-state index contributed by atoms with van der Waals surface area (Å²) >= 11 is 0. The molecule has 0 aromatic rings. The molecule has 4 nitrogen and oxygen atoms in total. The van der Waals surface area contributed by atoms with Crippen molar-refractivity contribution in [3.63, 3.8) is 0 Å². The van der Waals surface area contributed by atoms with Crippen molar-refractivity contribution in [2.75, 3.05) is 13.1 Å². The Kier molecular flexibility index (Phi) is 7.04. The first-order valence-electron chi connectivity index (χ1n) is 8.77. The summed E-state index contributed by atoms with van der Waals surface area (Å²) in [6, 6.07) is 0. The van der Waals surface area contributed by atoms with E-state index in [1.807, 2.05) is 0 Å². The second-order valence-electron chi connectivity index (χ2n) is 6.76.